The van der Waals surface area contributed by atoms with E-state index in [9.17, 15) is 48.3 Å². The molecule has 1 aliphatic rings. The summed E-state index contributed by atoms with van der Waals surface area (Å²) in [6.45, 7) is 19.7. The van der Waals surface area contributed by atoms with Crippen LogP contribution in [0.25, 0.3) is 0 Å². The third kappa shape index (κ3) is 25.1. The molecule has 0 aliphatic carbocycles. The molecule has 0 saturated carbocycles. The molecule has 1 aromatic heterocycles. The highest BCUT2D eigenvalue weighted by molar-refractivity contribution is 7.09. The zero-order valence-electron chi connectivity index (χ0n) is 55.6. The van der Waals surface area contributed by atoms with Gasteiger partial charge < -0.3 is 66.8 Å². The Kier molecular flexibility index (Phi) is 32.3. The van der Waals surface area contributed by atoms with Crippen molar-refractivity contribution in [1.82, 2.24) is 40.5 Å². The van der Waals surface area contributed by atoms with Crippen LogP contribution in [-0.2, 0) is 46.5 Å². The smallest absolute Gasteiger partial charge is 0.415 e. The summed E-state index contributed by atoms with van der Waals surface area (Å²) in [7, 11) is 5.04. The number of aromatic nitrogens is 1. The molecule has 25 heteroatoms. The van der Waals surface area contributed by atoms with E-state index in [2.05, 4.69) is 53.9 Å². The van der Waals surface area contributed by atoms with Gasteiger partial charge in [0.2, 0.25) is 17.7 Å². The number of amides is 8. The van der Waals surface area contributed by atoms with Crippen LogP contribution < -0.4 is 37.5 Å². The first kappa shape index (κ1) is 76.2. The van der Waals surface area contributed by atoms with Crippen molar-refractivity contribution in [3.05, 3.63) is 75.7 Å². The van der Waals surface area contributed by atoms with Crippen molar-refractivity contribution in [3.8, 4) is 5.75 Å². The highest BCUT2D eigenvalue weighted by atomic mass is 32.1. The van der Waals surface area contributed by atoms with Crippen molar-refractivity contribution in [2.24, 2.45) is 41.1 Å². The topological polar surface area (TPSA) is 328 Å². The second-order valence-electron chi connectivity index (χ2n) is 24.9. The standard InChI is InChI=1S/C66H103N11O13S/c1-13-30-77(62(82)50(43(8)15-3)37-55(78)53-20-16-17-31-74(53)10)54(41(4)5)38-56(88-34-14-2)61-73-52(40-91-61)59(80)71-48(35-44(9)63(83)84)36-45-23-27-49(28-24-45)90-66(87)76(12)33-32-75(11)65(86)89-39-46-21-25-47(26-22-46)70-58(79)51(19-18-29-69-64(68)85)72-60(81)57(67)42(6)7/h21-28,40-44,48,50-51,53-54,56-57H,13-20,29-39,67H2,1-12H3,(H,70,79)(H,71,80)(H,72,81)(H,83,84)(H3,68,69,85)/t43-,44-,48+,50-,51+,53+,54+,56+,57+/m0/s1. The molecule has 2 heterocycles. The molecular formula is C66H103N11O13S. The molecule has 1 saturated heterocycles. The van der Waals surface area contributed by atoms with Gasteiger partial charge in [-0.15, -0.1) is 11.3 Å². The molecule has 91 heavy (non-hydrogen) atoms. The number of hydrogen-bond acceptors (Lipinski definition) is 16. The predicted molar refractivity (Wildman–Crippen MR) is 350 cm³/mol. The summed E-state index contributed by atoms with van der Waals surface area (Å²) < 4.78 is 17.6. The van der Waals surface area contributed by atoms with Gasteiger partial charge in [0.1, 0.15) is 35.2 Å². The van der Waals surface area contributed by atoms with E-state index >= 15 is 0 Å². The number of nitrogens with one attached hydrogen (secondary N) is 4. The predicted octanol–water partition coefficient (Wildman–Crippen LogP) is 8.38. The molecule has 8 amide bonds. The van der Waals surface area contributed by atoms with Crippen LogP contribution in [0, 0.1) is 29.6 Å². The number of Topliss-reactive ketones (excluding diaryl/α,β-unsaturated/α-hetero) is 1. The normalized spacial score (nSPS) is 16.0. The molecule has 3 aromatic rings. The zero-order chi connectivity index (χ0) is 67.5. The lowest BCUT2D eigenvalue weighted by atomic mass is 9.82. The van der Waals surface area contributed by atoms with Gasteiger partial charge in [0.25, 0.3) is 5.91 Å². The Hall–Kier alpha value is -7.22. The summed E-state index contributed by atoms with van der Waals surface area (Å²) in [5, 5.41) is 23.1. The number of carboxylic acid groups (broad SMARTS) is 1. The lowest BCUT2D eigenvalue weighted by molar-refractivity contribution is -0.145. The molecule has 0 radical (unpaired) electrons. The van der Waals surface area contributed by atoms with Crippen LogP contribution in [0.4, 0.5) is 20.1 Å². The molecule has 24 nitrogen and oxygen atoms in total. The Labute approximate surface area is 542 Å². The number of primary amides is 1. The highest BCUT2D eigenvalue weighted by Crippen LogP contribution is 2.34. The number of rotatable bonds is 38. The molecule has 4 rings (SSSR count). The number of ketones is 1. The number of likely N-dealkylation sites (tertiary alicyclic amines) is 1. The van der Waals surface area contributed by atoms with Crippen molar-refractivity contribution in [2.45, 2.75) is 182 Å². The maximum atomic E-state index is 14.9. The van der Waals surface area contributed by atoms with Gasteiger partial charge in [-0.3, -0.25) is 33.7 Å². The van der Waals surface area contributed by atoms with Crippen LogP contribution in [0.2, 0.25) is 0 Å². The number of ether oxygens (including phenoxy) is 3. The molecule has 0 spiro atoms. The Morgan fingerprint density at radius 1 is 0.813 bits per heavy atom. The Balaban J connectivity index is 1.34. The number of urea groups is 1. The van der Waals surface area contributed by atoms with E-state index in [-0.39, 0.29) is 105 Å². The number of anilines is 1. The first-order valence-corrected chi connectivity index (χ1v) is 33.1. The average Bonchev–Trinajstić information content (AvgIpc) is 2.54. The van der Waals surface area contributed by atoms with Gasteiger partial charge in [0.05, 0.1) is 18.0 Å². The summed E-state index contributed by atoms with van der Waals surface area (Å²) in [5.74, 6) is -3.53. The van der Waals surface area contributed by atoms with Crippen molar-refractivity contribution in [3.63, 3.8) is 0 Å². The van der Waals surface area contributed by atoms with Gasteiger partial charge in [-0.1, -0.05) is 99.4 Å². The molecule has 0 unspecified atom stereocenters. The Morgan fingerprint density at radius 3 is 2.07 bits per heavy atom. The number of thiazole rings is 1. The zero-order valence-corrected chi connectivity index (χ0v) is 56.4. The van der Waals surface area contributed by atoms with Gasteiger partial charge in [0.15, 0.2) is 5.78 Å². The van der Waals surface area contributed by atoms with Crippen LogP contribution in [0.3, 0.4) is 0 Å². The number of piperidine rings is 1. The number of carboxylic acids is 1. The number of carbonyl (C=O) groups is 9. The number of nitrogens with two attached hydrogens (primary N) is 2. The Bertz CT molecular complexity index is 2820. The number of likely N-dealkylation sites (N-methyl/N-ethyl adjacent to an activating group) is 3. The van der Waals surface area contributed by atoms with E-state index < -0.39 is 78.0 Å². The summed E-state index contributed by atoms with van der Waals surface area (Å²) >= 11 is 1.30. The fraction of sp³-hybridized carbons (Fsp3) is 0.636. The van der Waals surface area contributed by atoms with E-state index in [0.29, 0.717) is 42.3 Å². The molecule has 1 aliphatic heterocycles. The molecule has 9 atom stereocenters. The number of aliphatic carboxylic acids is 1. The third-order valence-corrected chi connectivity index (χ3v) is 17.7. The van der Waals surface area contributed by atoms with Crippen molar-refractivity contribution >= 4 is 70.6 Å². The average molecular weight is 1290 g/mol. The van der Waals surface area contributed by atoms with Crippen LogP contribution >= 0.6 is 11.3 Å². The molecular weight excluding hydrogens is 1190 g/mol. The first-order valence-electron chi connectivity index (χ1n) is 32.2. The van der Waals surface area contributed by atoms with E-state index in [4.69, 9.17) is 30.7 Å². The van der Waals surface area contributed by atoms with Gasteiger partial charge in [-0.05, 0) is 118 Å². The minimum absolute atomic E-state index is 0.00250. The molecule has 1 fully saturated rings. The van der Waals surface area contributed by atoms with Crippen LogP contribution in [0.5, 0.6) is 5.75 Å². The van der Waals surface area contributed by atoms with Crippen molar-refractivity contribution < 1.29 is 62.5 Å². The maximum Gasteiger partial charge on any atom is 0.415 e. The molecule has 0 bridgehead atoms. The lowest BCUT2D eigenvalue weighted by Crippen LogP contribution is -2.51. The third-order valence-electron chi connectivity index (χ3n) is 16.7. The molecule has 506 valence electrons. The number of benzene rings is 2. The van der Waals surface area contributed by atoms with Gasteiger partial charge >= 0.3 is 24.2 Å². The van der Waals surface area contributed by atoms with E-state index in [1.54, 1.807) is 74.7 Å². The van der Waals surface area contributed by atoms with Gasteiger partial charge in [-0.2, -0.15) is 0 Å². The molecule has 9 N–H and O–H groups in total. The summed E-state index contributed by atoms with van der Waals surface area (Å²) in [5.41, 5.74) is 13.1. The number of carbonyl (C=O) groups excluding carboxylic acids is 8. The second kappa shape index (κ2) is 38.6. The fourth-order valence-corrected chi connectivity index (χ4v) is 11.6. The maximum absolute atomic E-state index is 14.9. The number of hydrogen-bond donors (Lipinski definition) is 7. The van der Waals surface area contributed by atoms with Crippen LogP contribution in [0.1, 0.15) is 166 Å². The van der Waals surface area contributed by atoms with Crippen molar-refractivity contribution in [2.75, 3.05) is 65.8 Å². The number of nitrogens with zero attached hydrogens (tertiary/aromatic N) is 5. The highest BCUT2D eigenvalue weighted by Gasteiger charge is 2.39. The van der Waals surface area contributed by atoms with Crippen LogP contribution in [-0.4, -0.2) is 174 Å². The summed E-state index contributed by atoms with van der Waals surface area (Å²) in [6.07, 6.45) is 4.75. The van der Waals surface area contributed by atoms with E-state index in [1.165, 1.54) is 35.2 Å². The first-order chi connectivity index (χ1) is 43.2. The quantitative estimate of drug-likeness (QED) is 0.0265. The minimum atomic E-state index is -1.02. The summed E-state index contributed by atoms with van der Waals surface area (Å²) in [6, 6.07) is 9.69. The van der Waals surface area contributed by atoms with Gasteiger partial charge in [-0.25, -0.2) is 19.4 Å². The molecule has 2 aromatic carbocycles. The monoisotopic (exact) mass is 1290 g/mol. The van der Waals surface area contributed by atoms with E-state index in [1.807, 2.05) is 25.8 Å². The lowest BCUT2D eigenvalue weighted by Gasteiger charge is -2.40. The summed E-state index contributed by atoms with van der Waals surface area (Å²) in [4.78, 5) is 130. The fourth-order valence-electron chi connectivity index (χ4n) is 10.7. The van der Waals surface area contributed by atoms with E-state index in [0.717, 1.165) is 50.6 Å². The second-order valence-corrected chi connectivity index (χ2v) is 25.8. The largest absolute Gasteiger partial charge is 0.481 e. The SMILES string of the molecule is CCCO[C@H](C[C@H](C(C)C)N(CCC)C(=O)[C@@H](CC(=O)[C@H]1CCCCN1C)[C@@H](C)CC)c1nc(C(=O)N[C@@H](Cc2ccc(OC(=O)N(C)CCN(C)C(=O)OCc3ccc(NC(=O)[C@@H](CCCNC(N)=O)NC(=O)[C@H](N)C(C)C)cc3)cc2)C[C@H](C)C(=O)O)cs1. The van der Waals surface area contributed by atoms with Crippen LogP contribution in [0.15, 0.2) is 53.9 Å². The van der Waals surface area contributed by atoms with Gasteiger partial charge in [0, 0.05) is 88.8 Å². The Morgan fingerprint density at radius 2 is 1.47 bits per heavy atom. The van der Waals surface area contributed by atoms with Crippen molar-refractivity contribution in [1.29, 1.82) is 0 Å². The minimum Gasteiger partial charge on any atom is -0.481 e.